The van der Waals surface area contributed by atoms with Crippen LogP contribution in [0.2, 0.25) is 0 Å². The van der Waals surface area contributed by atoms with Crippen LogP contribution in [0.15, 0.2) is 53.8 Å². The molecule has 3 aromatic rings. The van der Waals surface area contributed by atoms with Crippen molar-refractivity contribution in [3.8, 4) is 22.9 Å². The van der Waals surface area contributed by atoms with Gasteiger partial charge in [0.15, 0.2) is 11.8 Å². The third kappa shape index (κ3) is 4.10. The normalized spacial score (nSPS) is 11.2. The Balaban J connectivity index is 1.72. The van der Waals surface area contributed by atoms with E-state index in [9.17, 15) is 0 Å². The third-order valence-electron chi connectivity index (χ3n) is 3.72. The fourth-order valence-corrected chi connectivity index (χ4v) is 2.43. The highest BCUT2D eigenvalue weighted by Crippen LogP contribution is 2.28. The zero-order valence-corrected chi connectivity index (χ0v) is 14.6. The Morgan fingerprint density at radius 3 is 2.81 bits per heavy atom. The lowest BCUT2D eigenvalue weighted by atomic mass is 10.1. The molecule has 0 saturated heterocycles. The number of guanidine groups is 1. The van der Waals surface area contributed by atoms with Crippen LogP contribution in [0.1, 0.15) is 5.56 Å². The summed E-state index contributed by atoms with van der Waals surface area (Å²) in [5.74, 6) is 2.33. The zero-order chi connectivity index (χ0) is 18.4. The van der Waals surface area contributed by atoms with Crippen molar-refractivity contribution in [3.05, 3.63) is 54.4 Å². The van der Waals surface area contributed by atoms with Crippen LogP contribution in [0, 0.1) is 0 Å². The Bertz CT molecular complexity index is 892. The van der Waals surface area contributed by atoms with E-state index in [-0.39, 0.29) is 5.96 Å². The number of rotatable bonds is 6. The van der Waals surface area contributed by atoms with Gasteiger partial charge < -0.3 is 20.5 Å². The predicted octanol–water partition coefficient (Wildman–Crippen LogP) is 2.42. The van der Waals surface area contributed by atoms with Gasteiger partial charge in [-0.25, -0.2) is 9.98 Å². The molecule has 1 heterocycles. The summed E-state index contributed by atoms with van der Waals surface area (Å²) in [5.41, 5.74) is 8.64. The molecule has 134 valence electrons. The molecule has 2 aromatic carbocycles. The second-order valence-electron chi connectivity index (χ2n) is 5.43. The summed E-state index contributed by atoms with van der Waals surface area (Å²) in [4.78, 5) is 8.53. The summed E-state index contributed by atoms with van der Waals surface area (Å²) < 4.78 is 10.5. The Labute approximate surface area is 151 Å². The maximum atomic E-state index is 6.02. The van der Waals surface area contributed by atoms with Gasteiger partial charge in [0.2, 0.25) is 0 Å². The summed E-state index contributed by atoms with van der Waals surface area (Å²) >= 11 is 0. The summed E-state index contributed by atoms with van der Waals surface area (Å²) in [7, 11) is 3.19. The molecule has 0 atom stereocenters. The van der Waals surface area contributed by atoms with Gasteiger partial charge in [0.1, 0.15) is 17.8 Å². The first kappa shape index (κ1) is 17.3. The van der Waals surface area contributed by atoms with Crippen LogP contribution >= 0.6 is 0 Å². The summed E-state index contributed by atoms with van der Waals surface area (Å²) in [5, 5.41) is 9.75. The topological polar surface area (TPSA) is 110 Å². The lowest BCUT2D eigenvalue weighted by Crippen LogP contribution is -2.23. The summed E-state index contributed by atoms with van der Waals surface area (Å²) in [6.45, 7) is 0.424. The number of hydrogen-bond acceptors (Lipinski definition) is 5. The Morgan fingerprint density at radius 2 is 2.08 bits per heavy atom. The number of methoxy groups -OCH3 is 2. The number of H-pyrrole nitrogens is 1. The van der Waals surface area contributed by atoms with E-state index in [1.807, 2.05) is 30.3 Å². The molecule has 0 fully saturated rings. The van der Waals surface area contributed by atoms with Crippen molar-refractivity contribution >= 4 is 11.6 Å². The van der Waals surface area contributed by atoms with Crippen molar-refractivity contribution < 1.29 is 9.47 Å². The number of ether oxygens (including phenoxy) is 2. The number of anilines is 1. The Hall–Kier alpha value is -3.55. The van der Waals surface area contributed by atoms with Crippen molar-refractivity contribution in [3.63, 3.8) is 0 Å². The first-order chi connectivity index (χ1) is 12.7. The van der Waals surface area contributed by atoms with Gasteiger partial charge in [0.25, 0.3) is 0 Å². The van der Waals surface area contributed by atoms with Gasteiger partial charge in [0, 0.05) is 11.6 Å². The molecule has 0 unspecified atom stereocenters. The SMILES string of the molecule is COc1ccc(OC)c(NC(N)=NCc2cccc(-c3ncn[nH]3)c2)c1. The molecule has 0 spiro atoms. The summed E-state index contributed by atoms with van der Waals surface area (Å²) in [6, 6.07) is 13.3. The monoisotopic (exact) mass is 352 g/mol. The van der Waals surface area contributed by atoms with Crippen molar-refractivity contribution in [2.75, 3.05) is 19.5 Å². The van der Waals surface area contributed by atoms with E-state index >= 15 is 0 Å². The van der Waals surface area contributed by atoms with E-state index in [0.29, 0.717) is 29.6 Å². The minimum absolute atomic E-state index is 0.279. The highest BCUT2D eigenvalue weighted by Gasteiger charge is 2.06. The Morgan fingerprint density at radius 1 is 1.19 bits per heavy atom. The lowest BCUT2D eigenvalue weighted by Gasteiger charge is -2.12. The van der Waals surface area contributed by atoms with Crippen LogP contribution in [0.4, 0.5) is 5.69 Å². The van der Waals surface area contributed by atoms with Crippen molar-refractivity contribution in [2.45, 2.75) is 6.54 Å². The van der Waals surface area contributed by atoms with Gasteiger partial charge in [-0.15, -0.1) is 0 Å². The molecule has 4 N–H and O–H groups in total. The molecule has 1 aromatic heterocycles. The first-order valence-electron chi connectivity index (χ1n) is 7.93. The maximum Gasteiger partial charge on any atom is 0.193 e. The Kier molecular flexibility index (Phi) is 5.33. The second kappa shape index (κ2) is 8.02. The van der Waals surface area contributed by atoms with E-state index in [2.05, 4.69) is 25.5 Å². The highest BCUT2D eigenvalue weighted by molar-refractivity contribution is 5.94. The van der Waals surface area contributed by atoms with Crippen LogP contribution in [0.25, 0.3) is 11.4 Å². The maximum absolute atomic E-state index is 6.02. The number of aromatic nitrogens is 3. The molecule has 8 nitrogen and oxygen atoms in total. The van der Waals surface area contributed by atoms with E-state index in [0.717, 1.165) is 11.1 Å². The fourth-order valence-electron chi connectivity index (χ4n) is 2.43. The van der Waals surface area contributed by atoms with Gasteiger partial charge in [0.05, 0.1) is 26.5 Å². The second-order valence-corrected chi connectivity index (χ2v) is 5.43. The molecule has 0 amide bonds. The third-order valence-corrected chi connectivity index (χ3v) is 3.72. The number of nitrogens with zero attached hydrogens (tertiary/aromatic N) is 3. The number of hydrogen-bond donors (Lipinski definition) is 3. The van der Waals surface area contributed by atoms with E-state index in [1.165, 1.54) is 6.33 Å². The minimum atomic E-state index is 0.279. The number of aliphatic imine (C=N–C) groups is 1. The smallest absolute Gasteiger partial charge is 0.193 e. The van der Waals surface area contributed by atoms with Crippen molar-refractivity contribution in [1.82, 2.24) is 15.2 Å². The molecule has 0 radical (unpaired) electrons. The molecule has 0 bridgehead atoms. The van der Waals surface area contributed by atoms with Gasteiger partial charge >= 0.3 is 0 Å². The standard InChI is InChI=1S/C18H20N6O2/c1-25-14-6-7-16(26-2)15(9-14)23-18(19)20-10-12-4-3-5-13(8-12)17-21-11-22-24-17/h3-9,11H,10H2,1-2H3,(H3,19,20,23)(H,21,22,24). The van der Waals surface area contributed by atoms with E-state index in [4.69, 9.17) is 15.2 Å². The van der Waals surface area contributed by atoms with E-state index in [1.54, 1.807) is 26.4 Å². The highest BCUT2D eigenvalue weighted by atomic mass is 16.5. The molecule has 3 rings (SSSR count). The van der Waals surface area contributed by atoms with Crippen molar-refractivity contribution in [2.24, 2.45) is 10.7 Å². The van der Waals surface area contributed by atoms with Crippen LogP contribution < -0.4 is 20.5 Å². The number of nitrogens with two attached hydrogens (primary N) is 1. The molecular formula is C18H20N6O2. The van der Waals surface area contributed by atoms with Crippen LogP contribution in [0.3, 0.4) is 0 Å². The molecular weight excluding hydrogens is 332 g/mol. The largest absolute Gasteiger partial charge is 0.497 e. The van der Waals surface area contributed by atoms with Gasteiger partial charge in [-0.1, -0.05) is 18.2 Å². The average Bonchev–Trinajstić information content (AvgIpc) is 3.21. The van der Waals surface area contributed by atoms with Crippen LogP contribution in [-0.2, 0) is 6.54 Å². The molecule has 26 heavy (non-hydrogen) atoms. The number of nitrogens with one attached hydrogen (secondary N) is 2. The van der Waals surface area contributed by atoms with Crippen molar-refractivity contribution in [1.29, 1.82) is 0 Å². The number of benzene rings is 2. The van der Waals surface area contributed by atoms with Gasteiger partial charge in [-0.3, -0.25) is 5.10 Å². The predicted molar refractivity (Wildman–Crippen MR) is 100 cm³/mol. The average molecular weight is 352 g/mol. The quantitative estimate of drug-likeness (QED) is 0.464. The zero-order valence-electron chi connectivity index (χ0n) is 14.6. The molecule has 0 aliphatic heterocycles. The lowest BCUT2D eigenvalue weighted by molar-refractivity contribution is 0.405. The molecule has 0 aliphatic rings. The summed E-state index contributed by atoms with van der Waals surface area (Å²) in [6.07, 6.45) is 1.48. The van der Waals surface area contributed by atoms with E-state index < -0.39 is 0 Å². The minimum Gasteiger partial charge on any atom is -0.497 e. The molecule has 8 heteroatoms. The van der Waals surface area contributed by atoms with Gasteiger partial charge in [-0.2, -0.15) is 5.10 Å². The fraction of sp³-hybridized carbons (Fsp3) is 0.167. The first-order valence-corrected chi connectivity index (χ1v) is 7.93. The van der Waals surface area contributed by atoms with Crippen LogP contribution in [-0.4, -0.2) is 35.4 Å². The molecule has 0 aliphatic carbocycles. The molecule has 0 saturated carbocycles. The number of aromatic amines is 1. The van der Waals surface area contributed by atoms with Crippen LogP contribution in [0.5, 0.6) is 11.5 Å². The van der Waals surface area contributed by atoms with Gasteiger partial charge in [-0.05, 0) is 23.8 Å².